The molecule has 36 heavy (non-hydrogen) atoms. The Balaban J connectivity index is 1.73. The number of nitro benzene ring substituents is 2. The lowest BCUT2D eigenvalue weighted by Gasteiger charge is -2.21. The first-order valence-corrected chi connectivity index (χ1v) is 11.8. The third kappa shape index (κ3) is 4.76. The van der Waals surface area contributed by atoms with Gasteiger partial charge < -0.3 is 19.1 Å². The molecular weight excluding hydrogens is 494 g/mol. The standard InChI is InChI=1S/C23H26ClN5O7/c1-12(2)21(20-15(28(31)32)5-4-6-16(20)29(33)34)35-10-14-8-27(18-7-13(3)17(9-30)36-18)23-19(14)22(24)25-11-26-23/h4-6,8,11-13,17-18,21,30H,7,9-10H2,1-3H3/t13-,17-,18-,21?/m1/s1. The Morgan fingerprint density at radius 3 is 2.47 bits per heavy atom. The van der Waals surface area contributed by atoms with Crippen LogP contribution in [0.15, 0.2) is 30.7 Å². The average Bonchev–Trinajstić information content (AvgIpc) is 3.39. The Morgan fingerprint density at radius 2 is 1.92 bits per heavy atom. The van der Waals surface area contributed by atoms with Crippen LogP contribution in [-0.2, 0) is 16.1 Å². The summed E-state index contributed by atoms with van der Waals surface area (Å²) in [5.41, 5.74) is 0.269. The number of hydrogen-bond acceptors (Lipinski definition) is 9. The number of halogens is 1. The maximum Gasteiger partial charge on any atom is 0.282 e. The molecule has 0 radical (unpaired) electrons. The summed E-state index contributed by atoms with van der Waals surface area (Å²) in [4.78, 5) is 30.6. The second-order valence-corrected chi connectivity index (χ2v) is 9.51. The highest BCUT2D eigenvalue weighted by molar-refractivity contribution is 6.34. The van der Waals surface area contributed by atoms with E-state index in [1.165, 1.54) is 24.5 Å². The van der Waals surface area contributed by atoms with Gasteiger partial charge in [-0.25, -0.2) is 9.97 Å². The number of aliphatic hydroxyl groups excluding tert-OH is 1. The topological polar surface area (TPSA) is 156 Å². The van der Waals surface area contributed by atoms with Gasteiger partial charge in [-0.2, -0.15) is 0 Å². The number of nitrogens with zero attached hydrogens (tertiary/aromatic N) is 5. The SMILES string of the molecule is CC(C)C(OCc1cn([C@H]2C[C@@H](C)[C@@H](CO)O2)c2ncnc(Cl)c12)c1c([N+](=O)[O-])cccc1[N+](=O)[O-]. The van der Waals surface area contributed by atoms with Gasteiger partial charge in [0.1, 0.15) is 28.9 Å². The van der Waals surface area contributed by atoms with E-state index >= 15 is 0 Å². The zero-order chi connectivity index (χ0) is 26.1. The van der Waals surface area contributed by atoms with Crippen molar-refractivity contribution in [3.05, 3.63) is 67.2 Å². The summed E-state index contributed by atoms with van der Waals surface area (Å²) in [6.45, 7) is 5.37. The fourth-order valence-corrected chi connectivity index (χ4v) is 4.90. The summed E-state index contributed by atoms with van der Waals surface area (Å²) in [5, 5.41) is 33.7. The fourth-order valence-electron chi connectivity index (χ4n) is 4.65. The van der Waals surface area contributed by atoms with Crippen molar-refractivity contribution >= 4 is 34.0 Å². The van der Waals surface area contributed by atoms with Crippen LogP contribution in [0, 0.1) is 32.1 Å². The molecule has 0 spiro atoms. The molecular formula is C23H26ClN5O7. The minimum atomic E-state index is -0.949. The first-order valence-electron chi connectivity index (χ1n) is 11.4. The second-order valence-electron chi connectivity index (χ2n) is 9.15. The number of benzene rings is 1. The molecule has 1 N–H and O–H groups in total. The van der Waals surface area contributed by atoms with E-state index in [0.29, 0.717) is 23.0 Å². The number of nitro groups is 2. The molecule has 1 fully saturated rings. The summed E-state index contributed by atoms with van der Waals surface area (Å²) < 4.78 is 14.0. The summed E-state index contributed by atoms with van der Waals surface area (Å²) >= 11 is 6.42. The van der Waals surface area contributed by atoms with Crippen molar-refractivity contribution in [3.63, 3.8) is 0 Å². The van der Waals surface area contributed by atoms with Crippen LogP contribution in [-0.4, -0.2) is 42.2 Å². The summed E-state index contributed by atoms with van der Waals surface area (Å²) in [7, 11) is 0. The zero-order valence-corrected chi connectivity index (χ0v) is 20.7. The molecule has 1 aliphatic rings. The minimum Gasteiger partial charge on any atom is -0.394 e. The van der Waals surface area contributed by atoms with Crippen LogP contribution in [0.5, 0.6) is 0 Å². The zero-order valence-electron chi connectivity index (χ0n) is 19.9. The maximum absolute atomic E-state index is 11.7. The Labute approximate surface area is 211 Å². The van der Waals surface area contributed by atoms with Gasteiger partial charge in [0.05, 0.1) is 40.7 Å². The summed E-state index contributed by atoms with van der Waals surface area (Å²) in [6.07, 6.45) is 2.10. The van der Waals surface area contributed by atoms with Gasteiger partial charge in [0.2, 0.25) is 0 Å². The molecule has 0 bridgehead atoms. The molecule has 192 valence electrons. The Hall–Kier alpha value is -3.19. The fraction of sp³-hybridized carbons (Fsp3) is 0.478. The minimum absolute atomic E-state index is 0.0612. The molecule has 1 aliphatic heterocycles. The highest BCUT2D eigenvalue weighted by atomic mass is 35.5. The molecule has 3 heterocycles. The molecule has 0 saturated carbocycles. The van der Waals surface area contributed by atoms with Crippen LogP contribution < -0.4 is 0 Å². The normalized spacial score (nSPS) is 20.8. The van der Waals surface area contributed by atoms with Crippen LogP contribution in [0.2, 0.25) is 5.15 Å². The van der Waals surface area contributed by atoms with Gasteiger partial charge in [-0.1, -0.05) is 32.4 Å². The van der Waals surface area contributed by atoms with E-state index in [-0.39, 0.29) is 53.2 Å². The van der Waals surface area contributed by atoms with E-state index in [2.05, 4.69) is 9.97 Å². The number of rotatable bonds is 9. The third-order valence-electron chi connectivity index (χ3n) is 6.43. The molecule has 1 unspecified atom stereocenters. The Bertz CT molecular complexity index is 1270. The third-order valence-corrected chi connectivity index (χ3v) is 6.72. The van der Waals surface area contributed by atoms with E-state index < -0.39 is 22.2 Å². The highest BCUT2D eigenvalue weighted by Crippen LogP contribution is 2.41. The van der Waals surface area contributed by atoms with E-state index in [1.807, 2.05) is 11.5 Å². The van der Waals surface area contributed by atoms with Gasteiger partial charge in [0.25, 0.3) is 11.4 Å². The average molecular weight is 520 g/mol. The van der Waals surface area contributed by atoms with E-state index in [9.17, 15) is 25.3 Å². The number of aromatic nitrogens is 3. The second kappa shape index (κ2) is 10.4. The van der Waals surface area contributed by atoms with E-state index in [4.69, 9.17) is 21.1 Å². The van der Waals surface area contributed by atoms with Crippen molar-refractivity contribution in [1.82, 2.24) is 14.5 Å². The van der Waals surface area contributed by atoms with Crippen molar-refractivity contribution in [1.29, 1.82) is 0 Å². The van der Waals surface area contributed by atoms with E-state index in [0.717, 1.165) is 0 Å². The molecule has 3 aromatic rings. The van der Waals surface area contributed by atoms with E-state index in [1.54, 1.807) is 20.0 Å². The van der Waals surface area contributed by atoms with Gasteiger partial charge in [-0.05, 0) is 24.3 Å². The van der Waals surface area contributed by atoms with Gasteiger partial charge in [0.15, 0.2) is 0 Å². The smallest absolute Gasteiger partial charge is 0.282 e. The van der Waals surface area contributed by atoms with Crippen molar-refractivity contribution < 1.29 is 24.4 Å². The van der Waals surface area contributed by atoms with Gasteiger partial charge in [-0.3, -0.25) is 20.2 Å². The number of hydrogen-bond donors (Lipinski definition) is 1. The van der Waals surface area contributed by atoms with Crippen molar-refractivity contribution in [3.8, 4) is 0 Å². The molecule has 0 amide bonds. The molecule has 2 aromatic heterocycles. The van der Waals surface area contributed by atoms with Crippen LogP contribution in [0.3, 0.4) is 0 Å². The van der Waals surface area contributed by atoms with Crippen molar-refractivity contribution in [2.45, 2.75) is 52.2 Å². The largest absolute Gasteiger partial charge is 0.394 e. The molecule has 13 heteroatoms. The lowest BCUT2D eigenvalue weighted by Crippen LogP contribution is -2.18. The Kier molecular flexibility index (Phi) is 7.50. The predicted octanol–water partition coefficient (Wildman–Crippen LogP) is 4.73. The van der Waals surface area contributed by atoms with Crippen LogP contribution >= 0.6 is 11.6 Å². The maximum atomic E-state index is 11.7. The number of fused-ring (bicyclic) bond motifs is 1. The molecule has 1 aromatic carbocycles. The van der Waals surface area contributed by atoms with Crippen LogP contribution in [0.25, 0.3) is 11.0 Å². The lowest BCUT2D eigenvalue weighted by atomic mass is 9.95. The molecule has 0 aliphatic carbocycles. The predicted molar refractivity (Wildman–Crippen MR) is 129 cm³/mol. The van der Waals surface area contributed by atoms with Gasteiger partial charge in [0, 0.05) is 23.9 Å². The number of ether oxygens (including phenoxy) is 2. The summed E-state index contributed by atoms with van der Waals surface area (Å²) in [6, 6.07) is 3.74. The summed E-state index contributed by atoms with van der Waals surface area (Å²) in [5.74, 6) is -0.201. The Morgan fingerprint density at radius 1 is 1.25 bits per heavy atom. The lowest BCUT2D eigenvalue weighted by molar-refractivity contribution is -0.397. The van der Waals surface area contributed by atoms with Crippen molar-refractivity contribution in [2.24, 2.45) is 11.8 Å². The van der Waals surface area contributed by atoms with Gasteiger partial charge >= 0.3 is 0 Å². The quantitative estimate of drug-likeness (QED) is 0.240. The monoisotopic (exact) mass is 519 g/mol. The van der Waals surface area contributed by atoms with Gasteiger partial charge in [-0.15, -0.1) is 0 Å². The highest BCUT2D eigenvalue weighted by Gasteiger charge is 2.36. The first kappa shape index (κ1) is 25.9. The first-order chi connectivity index (χ1) is 17.1. The van der Waals surface area contributed by atoms with Crippen LogP contribution in [0.1, 0.15) is 50.7 Å². The molecule has 4 atom stereocenters. The number of aliphatic hydroxyl groups is 1. The molecule has 4 rings (SSSR count). The molecule has 12 nitrogen and oxygen atoms in total. The van der Waals surface area contributed by atoms with Crippen molar-refractivity contribution in [2.75, 3.05) is 6.61 Å². The molecule has 1 saturated heterocycles. The van der Waals surface area contributed by atoms with Crippen LogP contribution in [0.4, 0.5) is 11.4 Å².